The van der Waals surface area contributed by atoms with E-state index in [2.05, 4.69) is 15.8 Å². The van der Waals surface area contributed by atoms with E-state index >= 15 is 0 Å². The number of hydrazone groups is 1. The van der Waals surface area contributed by atoms with Crippen molar-refractivity contribution in [1.82, 2.24) is 10.7 Å². The number of amides is 2. The molecule has 1 aliphatic heterocycles. The molecule has 25 heavy (non-hydrogen) atoms. The Morgan fingerprint density at radius 1 is 1.16 bits per heavy atom. The molecule has 2 atom stereocenters. The monoisotopic (exact) mass is 375 g/mol. The van der Waals surface area contributed by atoms with E-state index in [1.807, 2.05) is 30.3 Å². The minimum absolute atomic E-state index is 0.214. The molecule has 2 aromatic carbocycles. The maximum atomic E-state index is 12.4. The lowest BCUT2D eigenvalue weighted by Crippen LogP contribution is -2.34. The van der Waals surface area contributed by atoms with Gasteiger partial charge in [-0.3, -0.25) is 9.59 Å². The first-order chi connectivity index (χ1) is 12.1. The van der Waals surface area contributed by atoms with Gasteiger partial charge in [0.2, 0.25) is 5.91 Å². The molecule has 0 aromatic heterocycles. The van der Waals surface area contributed by atoms with Gasteiger partial charge in [0.15, 0.2) is 0 Å². The zero-order chi connectivity index (χ0) is 17.8. The molecule has 0 saturated carbocycles. The average Bonchev–Trinajstić information content (AvgIpc) is 3.00. The highest BCUT2D eigenvalue weighted by atomic mass is 35.5. The van der Waals surface area contributed by atoms with Crippen LogP contribution in [0.1, 0.15) is 17.0 Å². The number of hydrogen-bond acceptors (Lipinski definition) is 3. The van der Waals surface area contributed by atoms with Crippen molar-refractivity contribution in [3.05, 3.63) is 69.7 Å². The summed E-state index contributed by atoms with van der Waals surface area (Å²) in [6, 6.07) is 14.5. The predicted octanol–water partition coefficient (Wildman–Crippen LogP) is 2.97. The third-order valence-electron chi connectivity index (χ3n) is 4.02. The van der Waals surface area contributed by atoms with Crippen molar-refractivity contribution in [3.8, 4) is 0 Å². The standard InChI is InChI=1S/C18H15Cl2N3O2/c19-14-7-6-11(8-15(14)20)9-22-23-18(25)16-13(10-21-17(16)24)12-4-2-1-3-5-12/h1-9,13,16H,10H2,(H,21,24)(H,23,25)/t13-,16+/m1/s1. The summed E-state index contributed by atoms with van der Waals surface area (Å²) in [5.74, 6) is -1.77. The lowest BCUT2D eigenvalue weighted by Gasteiger charge is -2.15. The van der Waals surface area contributed by atoms with Gasteiger partial charge in [-0.25, -0.2) is 5.43 Å². The van der Waals surface area contributed by atoms with Gasteiger partial charge in [0.25, 0.3) is 5.91 Å². The zero-order valence-corrected chi connectivity index (χ0v) is 14.6. The number of nitrogens with one attached hydrogen (secondary N) is 2. The predicted molar refractivity (Wildman–Crippen MR) is 97.9 cm³/mol. The summed E-state index contributed by atoms with van der Waals surface area (Å²) in [7, 11) is 0. The Morgan fingerprint density at radius 2 is 1.92 bits per heavy atom. The Morgan fingerprint density at radius 3 is 2.64 bits per heavy atom. The molecule has 0 bridgehead atoms. The molecule has 0 unspecified atom stereocenters. The normalized spacial score (nSPS) is 19.8. The third kappa shape index (κ3) is 4.00. The molecular weight excluding hydrogens is 361 g/mol. The van der Waals surface area contributed by atoms with Gasteiger partial charge in [0, 0.05) is 12.5 Å². The Kier molecular flexibility index (Phi) is 5.36. The van der Waals surface area contributed by atoms with Crippen molar-refractivity contribution in [1.29, 1.82) is 0 Å². The van der Waals surface area contributed by atoms with E-state index in [0.29, 0.717) is 22.2 Å². The highest BCUT2D eigenvalue weighted by Gasteiger charge is 2.40. The molecule has 2 aromatic rings. The summed E-state index contributed by atoms with van der Waals surface area (Å²) < 4.78 is 0. The molecule has 1 fully saturated rings. The molecule has 128 valence electrons. The van der Waals surface area contributed by atoms with Crippen molar-refractivity contribution in [3.63, 3.8) is 0 Å². The van der Waals surface area contributed by atoms with E-state index in [0.717, 1.165) is 5.56 Å². The molecule has 5 nitrogen and oxygen atoms in total. The van der Waals surface area contributed by atoms with Crippen LogP contribution in [0.15, 0.2) is 53.6 Å². The third-order valence-corrected chi connectivity index (χ3v) is 4.76. The van der Waals surface area contributed by atoms with Crippen molar-refractivity contribution in [2.24, 2.45) is 11.0 Å². The number of halogens is 2. The maximum Gasteiger partial charge on any atom is 0.253 e. The fourth-order valence-corrected chi connectivity index (χ4v) is 3.07. The molecule has 1 heterocycles. The van der Waals surface area contributed by atoms with Crippen molar-refractivity contribution in [2.45, 2.75) is 5.92 Å². The van der Waals surface area contributed by atoms with Crippen molar-refractivity contribution < 1.29 is 9.59 Å². The summed E-state index contributed by atoms with van der Waals surface area (Å²) >= 11 is 11.8. The second-order valence-corrected chi connectivity index (χ2v) is 6.46. The molecule has 2 N–H and O–H groups in total. The highest BCUT2D eigenvalue weighted by molar-refractivity contribution is 6.42. The van der Waals surface area contributed by atoms with Crippen LogP contribution in [0.4, 0.5) is 0 Å². The van der Waals surface area contributed by atoms with E-state index in [4.69, 9.17) is 23.2 Å². The first kappa shape index (κ1) is 17.5. The molecule has 1 aliphatic rings. The lowest BCUT2D eigenvalue weighted by atomic mass is 9.88. The number of hydrogen-bond donors (Lipinski definition) is 2. The van der Waals surface area contributed by atoms with Gasteiger partial charge >= 0.3 is 0 Å². The van der Waals surface area contributed by atoms with E-state index in [1.165, 1.54) is 6.21 Å². The van der Waals surface area contributed by atoms with Crippen LogP contribution in [0.25, 0.3) is 0 Å². The SMILES string of the molecule is O=C1NC[C@H](c2ccccc2)[C@@H]1C(=O)NN=Cc1ccc(Cl)c(Cl)c1. The van der Waals surface area contributed by atoms with Crippen LogP contribution in [0.2, 0.25) is 10.0 Å². The van der Waals surface area contributed by atoms with Crippen LogP contribution in [0.5, 0.6) is 0 Å². The summed E-state index contributed by atoms with van der Waals surface area (Å²) in [5.41, 5.74) is 4.06. The average molecular weight is 376 g/mol. The lowest BCUT2D eigenvalue weighted by molar-refractivity contribution is -0.133. The smallest absolute Gasteiger partial charge is 0.253 e. The number of nitrogens with zero attached hydrogens (tertiary/aromatic N) is 1. The number of rotatable bonds is 4. The first-order valence-corrected chi connectivity index (χ1v) is 8.42. The van der Waals surface area contributed by atoms with Crippen LogP contribution in [0, 0.1) is 5.92 Å². The highest BCUT2D eigenvalue weighted by Crippen LogP contribution is 2.29. The van der Waals surface area contributed by atoms with Gasteiger partial charge < -0.3 is 5.32 Å². The van der Waals surface area contributed by atoms with Crippen molar-refractivity contribution in [2.75, 3.05) is 6.54 Å². The Bertz CT molecular complexity index is 824. The van der Waals surface area contributed by atoms with Crippen LogP contribution in [-0.4, -0.2) is 24.6 Å². The van der Waals surface area contributed by atoms with E-state index in [9.17, 15) is 9.59 Å². The van der Waals surface area contributed by atoms with Crippen LogP contribution in [0.3, 0.4) is 0 Å². The fraction of sp³-hybridized carbons (Fsp3) is 0.167. The molecule has 0 aliphatic carbocycles. The van der Waals surface area contributed by atoms with Gasteiger partial charge in [-0.15, -0.1) is 0 Å². The van der Waals surface area contributed by atoms with Crippen LogP contribution in [-0.2, 0) is 9.59 Å². The molecule has 7 heteroatoms. The van der Waals surface area contributed by atoms with Crippen LogP contribution >= 0.6 is 23.2 Å². The van der Waals surface area contributed by atoms with Gasteiger partial charge in [0.1, 0.15) is 5.92 Å². The molecule has 0 radical (unpaired) electrons. The second kappa shape index (κ2) is 7.68. The molecule has 0 spiro atoms. The molecular formula is C18H15Cl2N3O2. The van der Waals surface area contributed by atoms with Gasteiger partial charge in [0.05, 0.1) is 16.3 Å². The van der Waals surface area contributed by atoms with Gasteiger partial charge in [-0.05, 0) is 23.3 Å². The summed E-state index contributed by atoms with van der Waals surface area (Å²) in [5, 5.41) is 7.49. The fourth-order valence-electron chi connectivity index (χ4n) is 2.77. The maximum absolute atomic E-state index is 12.4. The topological polar surface area (TPSA) is 70.6 Å². The molecule has 2 amide bonds. The van der Waals surface area contributed by atoms with E-state index in [-0.39, 0.29) is 11.8 Å². The summed E-state index contributed by atoms with van der Waals surface area (Å²) in [4.78, 5) is 24.5. The molecule has 1 saturated heterocycles. The summed E-state index contributed by atoms with van der Waals surface area (Å²) in [6.07, 6.45) is 1.45. The largest absolute Gasteiger partial charge is 0.355 e. The minimum Gasteiger partial charge on any atom is -0.355 e. The number of carbonyl (C=O) groups excluding carboxylic acids is 2. The Balaban J connectivity index is 1.69. The summed E-state index contributed by atoms with van der Waals surface area (Å²) in [6.45, 7) is 0.428. The zero-order valence-electron chi connectivity index (χ0n) is 13.1. The van der Waals surface area contributed by atoms with E-state index < -0.39 is 11.8 Å². The first-order valence-electron chi connectivity index (χ1n) is 7.67. The van der Waals surface area contributed by atoms with E-state index in [1.54, 1.807) is 18.2 Å². The van der Waals surface area contributed by atoms with Gasteiger partial charge in [-0.1, -0.05) is 59.6 Å². The quantitative estimate of drug-likeness (QED) is 0.489. The van der Waals surface area contributed by atoms with Gasteiger partial charge in [-0.2, -0.15) is 5.10 Å². The number of carbonyl (C=O) groups is 2. The molecule has 3 rings (SSSR count). The van der Waals surface area contributed by atoms with Crippen molar-refractivity contribution >= 4 is 41.2 Å². The Labute approximate surface area is 155 Å². The Hall–Kier alpha value is -2.37. The minimum atomic E-state index is -0.812. The second-order valence-electron chi connectivity index (χ2n) is 5.65. The number of benzene rings is 2. The van der Waals surface area contributed by atoms with Crippen LogP contribution < -0.4 is 10.7 Å².